The number of ether oxygens (including phenoxy) is 2. The van der Waals surface area contributed by atoms with Gasteiger partial charge in [-0.25, -0.2) is 0 Å². The van der Waals surface area contributed by atoms with Crippen molar-refractivity contribution < 1.29 is 19.2 Å². The molecule has 1 atom stereocenters. The van der Waals surface area contributed by atoms with Gasteiger partial charge in [0.15, 0.2) is 5.79 Å². The maximum Gasteiger partial charge on any atom is 0.305 e. The summed E-state index contributed by atoms with van der Waals surface area (Å²) in [5.41, 5.74) is 5.05. The summed E-state index contributed by atoms with van der Waals surface area (Å²) in [7, 11) is 0. The number of nitro groups is 1. The lowest BCUT2D eigenvalue weighted by Crippen LogP contribution is -2.34. The van der Waals surface area contributed by atoms with Crippen LogP contribution in [0.2, 0.25) is 0 Å². The molecule has 1 unspecified atom stereocenters. The fourth-order valence-electron chi connectivity index (χ4n) is 3.38. The van der Waals surface area contributed by atoms with Crippen LogP contribution >= 0.6 is 0 Å². The van der Waals surface area contributed by atoms with Crippen LogP contribution in [0.5, 0.6) is 0 Å². The molecule has 24 heavy (non-hydrogen) atoms. The number of hydrogen-bond acceptors (Lipinski definition) is 6. The Morgan fingerprint density at radius 2 is 2.12 bits per heavy atom. The second-order valence-corrected chi connectivity index (χ2v) is 6.23. The molecule has 1 aliphatic heterocycles. The lowest BCUT2D eigenvalue weighted by atomic mass is 9.94. The number of nitro benzene ring substituents is 1. The molecule has 1 aromatic carbocycles. The van der Waals surface area contributed by atoms with Gasteiger partial charge in [0.25, 0.3) is 5.91 Å². The number of hydrogen-bond donors (Lipinski definition) is 2. The van der Waals surface area contributed by atoms with Gasteiger partial charge in [0, 0.05) is 19.4 Å². The predicted octanol–water partition coefficient (Wildman–Crippen LogP) is 2.18. The number of carbonyl (C=O) groups is 1. The molecule has 1 saturated carbocycles. The molecule has 130 valence electrons. The molecule has 1 saturated heterocycles. The fraction of sp³-hybridized carbons (Fsp3) is 0.562. The Balaban J connectivity index is 1.68. The number of rotatable bonds is 5. The highest BCUT2D eigenvalue weighted by molar-refractivity contribution is 5.99. The second-order valence-electron chi connectivity index (χ2n) is 6.23. The van der Waals surface area contributed by atoms with Gasteiger partial charge in [0.2, 0.25) is 0 Å². The minimum absolute atomic E-state index is 0.114. The van der Waals surface area contributed by atoms with Crippen molar-refractivity contribution in [1.29, 1.82) is 0 Å². The van der Waals surface area contributed by atoms with E-state index in [0.717, 1.165) is 25.7 Å². The molecule has 1 spiro atoms. The van der Waals surface area contributed by atoms with Gasteiger partial charge in [0.05, 0.1) is 11.5 Å². The van der Waals surface area contributed by atoms with Crippen LogP contribution in [0, 0.1) is 10.1 Å². The zero-order chi connectivity index (χ0) is 17.2. The van der Waals surface area contributed by atoms with Gasteiger partial charge in [0.1, 0.15) is 17.4 Å². The van der Waals surface area contributed by atoms with Crippen molar-refractivity contribution >= 4 is 17.3 Å². The molecule has 1 heterocycles. The zero-order valence-corrected chi connectivity index (χ0v) is 13.3. The lowest BCUT2D eigenvalue weighted by molar-refractivity contribution is -0.384. The van der Waals surface area contributed by atoms with E-state index in [2.05, 4.69) is 5.32 Å². The molecule has 8 heteroatoms. The molecule has 0 aromatic heterocycles. The van der Waals surface area contributed by atoms with E-state index in [4.69, 9.17) is 15.2 Å². The van der Waals surface area contributed by atoms with Crippen molar-refractivity contribution in [1.82, 2.24) is 0 Å². The van der Waals surface area contributed by atoms with Crippen molar-refractivity contribution in [3.63, 3.8) is 0 Å². The molecule has 3 N–H and O–H groups in total. The van der Waals surface area contributed by atoms with Crippen LogP contribution in [0.4, 0.5) is 11.4 Å². The monoisotopic (exact) mass is 335 g/mol. The first-order valence-corrected chi connectivity index (χ1v) is 8.14. The van der Waals surface area contributed by atoms with Crippen LogP contribution in [0.3, 0.4) is 0 Å². The van der Waals surface area contributed by atoms with E-state index in [1.807, 2.05) is 0 Å². The molecule has 0 radical (unpaired) electrons. The van der Waals surface area contributed by atoms with Gasteiger partial charge >= 0.3 is 5.69 Å². The number of benzene rings is 1. The normalized spacial score (nSPS) is 22.4. The summed E-state index contributed by atoms with van der Waals surface area (Å²) in [4.78, 5) is 22.1. The zero-order valence-electron chi connectivity index (χ0n) is 13.3. The third kappa shape index (κ3) is 3.34. The van der Waals surface area contributed by atoms with Gasteiger partial charge in [-0.15, -0.1) is 0 Å². The maximum atomic E-state index is 11.4. The van der Waals surface area contributed by atoms with E-state index in [1.165, 1.54) is 12.5 Å². The summed E-state index contributed by atoms with van der Waals surface area (Å²) in [6, 6.07) is 4.46. The highest BCUT2D eigenvalue weighted by atomic mass is 16.7. The molecule has 8 nitrogen and oxygen atoms in total. The summed E-state index contributed by atoms with van der Waals surface area (Å²) in [6.45, 7) is 0.821. The quantitative estimate of drug-likeness (QED) is 0.629. The molecule has 1 aliphatic carbocycles. The Morgan fingerprint density at radius 1 is 1.38 bits per heavy atom. The molecule has 0 bridgehead atoms. The number of nitrogens with zero attached hydrogens (tertiary/aromatic N) is 1. The summed E-state index contributed by atoms with van der Waals surface area (Å²) in [5.74, 6) is -1.31. The predicted molar refractivity (Wildman–Crippen MR) is 86.7 cm³/mol. The van der Waals surface area contributed by atoms with Crippen molar-refractivity contribution in [2.45, 2.75) is 44.0 Å². The topological polar surface area (TPSA) is 117 Å². The van der Waals surface area contributed by atoms with E-state index in [1.54, 1.807) is 12.1 Å². The Kier molecular flexibility index (Phi) is 4.68. The van der Waals surface area contributed by atoms with Crippen molar-refractivity contribution in [3.05, 3.63) is 33.9 Å². The van der Waals surface area contributed by atoms with E-state index < -0.39 is 16.6 Å². The summed E-state index contributed by atoms with van der Waals surface area (Å²) < 4.78 is 11.9. The average Bonchev–Trinajstić information content (AvgIpc) is 2.95. The van der Waals surface area contributed by atoms with Crippen molar-refractivity contribution in [3.8, 4) is 0 Å². The molecule has 3 rings (SSSR count). The minimum Gasteiger partial charge on any atom is -0.377 e. The lowest BCUT2D eigenvalue weighted by Gasteiger charge is -2.31. The van der Waals surface area contributed by atoms with Crippen LogP contribution in [-0.2, 0) is 9.47 Å². The standard InChI is InChI=1S/C16H21N3O5/c17-15(20)12-5-4-6-13(14(12)19(21)22)18-9-11-10-23-16(24-11)7-2-1-3-8-16/h4-6,11,18H,1-3,7-10H2,(H2,17,20). The molecular weight excluding hydrogens is 314 g/mol. The molecule has 2 fully saturated rings. The third-order valence-corrected chi connectivity index (χ3v) is 4.53. The number of carbonyl (C=O) groups excluding carboxylic acids is 1. The van der Waals surface area contributed by atoms with Gasteiger partial charge in [-0.05, 0) is 25.0 Å². The molecule has 1 amide bonds. The SMILES string of the molecule is NC(=O)c1cccc(NCC2COC3(CCCCC3)O2)c1[N+](=O)[O-]. The molecule has 2 aliphatic rings. The highest BCUT2D eigenvalue weighted by Crippen LogP contribution is 2.38. The Morgan fingerprint density at radius 3 is 2.79 bits per heavy atom. The van der Waals surface area contributed by atoms with Gasteiger partial charge < -0.3 is 20.5 Å². The fourth-order valence-corrected chi connectivity index (χ4v) is 3.38. The van der Waals surface area contributed by atoms with E-state index in [0.29, 0.717) is 13.2 Å². The highest BCUT2D eigenvalue weighted by Gasteiger charge is 2.42. The second kappa shape index (κ2) is 6.74. The average molecular weight is 335 g/mol. The number of primary amides is 1. The first-order chi connectivity index (χ1) is 11.5. The number of amides is 1. The minimum atomic E-state index is -0.827. The Bertz CT molecular complexity index is 643. The van der Waals surface area contributed by atoms with Crippen LogP contribution in [0.15, 0.2) is 18.2 Å². The van der Waals surface area contributed by atoms with E-state index >= 15 is 0 Å². The summed E-state index contributed by atoms with van der Waals surface area (Å²) in [5, 5.41) is 14.3. The van der Waals surface area contributed by atoms with Crippen LogP contribution in [0.1, 0.15) is 42.5 Å². The van der Waals surface area contributed by atoms with Gasteiger partial charge in [-0.1, -0.05) is 12.5 Å². The van der Waals surface area contributed by atoms with Crippen LogP contribution in [-0.4, -0.2) is 35.9 Å². The third-order valence-electron chi connectivity index (χ3n) is 4.53. The maximum absolute atomic E-state index is 11.4. The van der Waals surface area contributed by atoms with Gasteiger partial charge in [-0.2, -0.15) is 0 Å². The van der Waals surface area contributed by atoms with Crippen molar-refractivity contribution in [2.75, 3.05) is 18.5 Å². The smallest absolute Gasteiger partial charge is 0.305 e. The van der Waals surface area contributed by atoms with Crippen LogP contribution in [0.25, 0.3) is 0 Å². The molecular formula is C16H21N3O5. The van der Waals surface area contributed by atoms with E-state index in [9.17, 15) is 14.9 Å². The van der Waals surface area contributed by atoms with E-state index in [-0.39, 0.29) is 23.0 Å². The number of para-hydroxylation sites is 1. The van der Waals surface area contributed by atoms with Gasteiger partial charge in [-0.3, -0.25) is 14.9 Å². The number of anilines is 1. The largest absolute Gasteiger partial charge is 0.377 e. The van der Waals surface area contributed by atoms with Crippen molar-refractivity contribution in [2.24, 2.45) is 5.73 Å². The summed E-state index contributed by atoms with van der Waals surface area (Å²) >= 11 is 0. The van der Waals surface area contributed by atoms with Crippen LogP contribution < -0.4 is 11.1 Å². The number of nitrogens with two attached hydrogens (primary N) is 1. The Labute approximate surface area is 139 Å². The first-order valence-electron chi connectivity index (χ1n) is 8.14. The Hall–Kier alpha value is -2.19. The first kappa shape index (κ1) is 16.7. The molecule has 1 aromatic rings. The number of nitrogens with one attached hydrogen (secondary N) is 1. The summed E-state index contributed by atoms with van der Waals surface area (Å²) in [6.07, 6.45) is 4.98.